The van der Waals surface area contributed by atoms with Crippen molar-refractivity contribution in [2.24, 2.45) is 24.3 Å². The van der Waals surface area contributed by atoms with Crippen LogP contribution in [0.1, 0.15) is 93.6 Å². The third-order valence-corrected chi connectivity index (χ3v) is 10.4. The third-order valence-electron chi connectivity index (χ3n) is 7.52. The minimum Gasteiger partial charge on any atom is -0.610 e. The van der Waals surface area contributed by atoms with Crippen molar-refractivity contribution in [1.82, 2.24) is 15.0 Å². The summed E-state index contributed by atoms with van der Waals surface area (Å²) >= 11 is -0.0986. The van der Waals surface area contributed by atoms with Crippen molar-refractivity contribution < 1.29 is 19.2 Å². The van der Waals surface area contributed by atoms with Crippen molar-refractivity contribution in [2.75, 3.05) is 4.90 Å². The summed E-state index contributed by atoms with van der Waals surface area (Å²) in [6, 6.07) is 1.65. The van der Waals surface area contributed by atoms with E-state index >= 15 is 0 Å². The number of rotatable bonds is 6. The van der Waals surface area contributed by atoms with Gasteiger partial charge in [0.05, 0.1) is 10.6 Å². The highest BCUT2D eigenvalue weighted by Gasteiger charge is 2.40. The van der Waals surface area contributed by atoms with Crippen LogP contribution >= 0.6 is 11.3 Å². The van der Waals surface area contributed by atoms with Crippen LogP contribution in [0.4, 0.5) is 5.69 Å². The molecule has 2 aliphatic rings. The molecule has 2 aromatic heterocycles. The number of aryl methyl sites for hydroxylation is 1. The maximum Gasteiger partial charge on any atom is 0.348 e. The number of carboxylic acids is 1. The van der Waals surface area contributed by atoms with E-state index in [0.29, 0.717) is 47.2 Å². The van der Waals surface area contributed by atoms with Crippen LogP contribution in [0.2, 0.25) is 0 Å². The Labute approximate surface area is 232 Å². The number of hydrogen-bond acceptors (Lipinski definition) is 6. The van der Waals surface area contributed by atoms with Gasteiger partial charge in [-0.05, 0) is 84.1 Å². The minimum atomic E-state index is -1.24. The maximum atomic E-state index is 14.1. The van der Waals surface area contributed by atoms with Gasteiger partial charge in [0.1, 0.15) is 16.3 Å². The molecule has 2 saturated carbocycles. The number of carboxylic acid groups (broad SMARTS) is 1. The van der Waals surface area contributed by atoms with E-state index in [1.54, 1.807) is 28.9 Å². The van der Waals surface area contributed by atoms with Gasteiger partial charge in [-0.15, -0.1) is 16.4 Å². The largest absolute Gasteiger partial charge is 0.610 e. The number of thiophene rings is 1. The Balaban J connectivity index is 1.63. The van der Waals surface area contributed by atoms with Gasteiger partial charge in [-0.25, -0.2) is 9.48 Å². The fourth-order valence-corrected chi connectivity index (χ4v) is 7.71. The Morgan fingerprint density at radius 2 is 1.82 bits per heavy atom. The molecule has 1 atom stereocenters. The summed E-state index contributed by atoms with van der Waals surface area (Å²) in [7, 11) is 1.74. The van der Waals surface area contributed by atoms with Gasteiger partial charge < -0.3 is 14.6 Å². The fourth-order valence-electron chi connectivity index (χ4n) is 5.37. The number of aromatic nitrogens is 3. The molecule has 1 N–H and O–H groups in total. The Morgan fingerprint density at radius 1 is 1.16 bits per heavy atom. The normalized spacial score (nSPS) is 24.8. The summed E-state index contributed by atoms with van der Waals surface area (Å²) in [5, 5.41) is 18.4. The highest BCUT2D eigenvalue weighted by molar-refractivity contribution is 7.92. The van der Waals surface area contributed by atoms with E-state index in [4.69, 9.17) is 0 Å². The topological polar surface area (TPSA) is 111 Å². The highest BCUT2D eigenvalue weighted by atomic mass is 32.2. The Morgan fingerprint density at radius 3 is 2.37 bits per heavy atom. The van der Waals surface area contributed by atoms with Gasteiger partial charge in [-0.2, -0.15) is 0 Å². The van der Waals surface area contributed by atoms with Crippen LogP contribution in [0.5, 0.6) is 0 Å². The summed E-state index contributed by atoms with van der Waals surface area (Å²) in [6.45, 7) is 8.25. The number of amides is 1. The van der Waals surface area contributed by atoms with Gasteiger partial charge in [0.25, 0.3) is 5.03 Å². The van der Waals surface area contributed by atoms with Gasteiger partial charge >= 0.3 is 5.97 Å². The molecule has 206 valence electrons. The Bertz CT molecular complexity index is 1210. The molecule has 0 aliphatic heterocycles. The van der Waals surface area contributed by atoms with Crippen LogP contribution in [0.15, 0.2) is 17.3 Å². The first-order valence-electron chi connectivity index (χ1n) is 13.4. The monoisotopic (exact) mass is 558 g/mol. The molecule has 8 nitrogen and oxygen atoms in total. The number of aromatic carboxylic acids is 1. The molecule has 1 unspecified atom stereocenters. The first-order valence-corrected chi connectivity index (χ1v) is 15.5. The molecule has 38 heavy (non-hydrogen) atoms. The summed E-state index contributed by atoms with van der Waals surface area (Å²) in [5.41, 5.74) is 0.240. The second-order valence-corrected chi connectivity index (χ2v) is 14.5. The zero-order valence-electron chi connectivity index (χ0n) is 22.9. The molecule has 0 aromatic carbocycles. The van der Waals surface area contributed by atoms with Crippen molar-refractivity contribution in [2.45, 2.75) is 95.4 Å². The van der Waals surface area contributed by atoms with Crippen LogP contribution in [0.3, 0.4) is 0 Å². The van der Waals surface area contributed by atoms with Crippen LogP contribution in [-0.4, -0.2) is 47.8 Å². The summed E-state index contributed by atoms with van der Waals surface area (Å²) in [4.78, 5) is 29.0. The van der Waals surface area contributed by atoms with Crippen molar-refractivity contribution in [3.05, 3.63) is 22.0 Å². The van der Waals surface area contributed by atoms with Crippen molar-refractivity contribution in [1.29, 1.82) is 0 Å². The lowest BCUT2D eigenvalue weighted by molar-refractivity contribution is -0.124. The van der Waals surface area contributed by atoms with Crippen LogP contribution in [0, 0.1) is 29.1 Å². The molecule has 2 aliphatic carbocycles. The van der Waals surface area contributed by atoms with Gasteiger partial charge in [-0.3, -0.25) is 4.79 Å². The lowest BCUT2D eigenvalue weighted by Crippen LogP contribution is -2.47. The Kier molecular flexibility index (Phi) is 8.90. The molecule has 0 radical (unpaired) electrons. The highest BCUT2D eigenvalue weighted by Crippen LogP contribution is 2.40. The lowest BCUT2D eigenvalue weighted by atomic mass is 9.81. The van der Waals surface area contributed by atoms with E-state index in [9.17, 15) is 19.2 Å². The minimum absolute atomic E-state index is 0.0212. The number of nitrogens with zero attached hydrogens (tertiary/aromatic N) is 4. The predicted molar refractivity (Wildman–Crippen MR) is 150 cm³/mol. The van der Waals surface area contributed by atoms with Gasteiger partial charge in [-0.1, -0.05) is 24.0 Å². The third kappa shape index (κ3) is 6.61. The van der Waals surface area contributed by atoms with Gasteiger partial charge in [0.2, 0.25) is 5.91 Å². The quantitative estimate of drug-likeness (QED) is 0.383. The molecule has 0 bridgehead atoms. The van der Waals surface area contributed by atoms with E-state index in [2.05, 4.69) is 29.1 Å². The zero-order chi connectivity index (χ0) is 27.6. The first kappa shape index (κ1) is 28.7. The molecule has 2 fully saturated rings. The van der Waals surface area contributed by atoms with E-state index in [1.165, 1.54) is 0 Å². The van der Waals surface area contributed by atoms with Crippen molar-refractivity contribution >= 4 is 40.1 Å². The fraction of sp³-hybridized carbons (Fsp3) is 0.643. The number of hydrogen-bond donors (Lipinski definition) is 1. The predicted octanol–water partition coefficient (Wildman–Crippen LogP) is 5.25. The maximum absolute atomic E-state index is 14.1. The summed E-state index contributed by atoms with van der Waals surface area (Å²) in [5.74, 6) is 5.81. The number of anilines is 1. The number of carbonyl (C=O) groups is 2. The van der Waals surface area contributed by atoms with Crippen LogP contribution in [-0.2, 0) is 23.0 Å². The van der Waals surface area contributed by atoms with E-state index in [-0.39, 0.29) is 33.4 Å². The summed E-state index contributed by atoms with van der Waals surface area (Å²) in [6.07, 6.45) is 7.89. The molecule has 4 rings (SSSR count). The molecule has 1 amide bonds. The standard InChI is InChI=1S/C28H38N4O4S2/c1-18-6-8-19(9-7-18)26(33)32(23-16-21(14-15-28(2,3)4)37-25(23)27(34)35)20-10-12-22(13-11-20)38(36)24-17-29-30-31(24)5/h16-20,22H,6-13H2,1-5H3,(H,34,35)/t18-,19-,20-,22-,38?. The summed E-state index contributed by atoms with van der Waals surface area (Å²) < 4.78 is 14.7. The number of carbonyl (C=O) groups excluding carboxylic acids is 1. The van der Waals surface area contributed by atoms with Gasteiger partial charge in [0, 0.05) is 35.6 Å². The molecular weight excluding hydrogens is 520 g/mol. The average Bonchev–Trinajstić information content (AvgIpc) is 3.49. The average molecular weight is 559 g/mol. The van der Waals surface area contributed by atoms with Crippen molar-refractivity contribution in [3.8, 4) is 11.8 Å². The van der Waals surface area contributed by atoms with Crippen LogP contribution < -0.4 is 4.90 Å². The van der Waals surface area contributed by atoms with E-state index < -0.39 is 17.1 Å². The molecular formula is C28H38N4O4S2. The zero-order valence-corrected chi connectivity index (χ0v) is 24.5. The Hall–Kier alpha value is -2.35. The second kappa shape index (κ2) is 11.8. The van der Waals surface area contributed by atoms with Gasteiger partial charge in [0.15, 0.2) is 0 Å². The molecule has 2 heterocycles. The molecule has 2 aromatic rings. The smallest absolute Gasteiger partial charge is 0.348 e. The van der Waals surface area contributed by atoms with E-state index in [0.717, 1.165) is 37.0 Å². The lowest BCUT2D eigenvalue weighted by Gasteiger charge is -2.39. The SMILES string of the molecule is Cn1nncc1[S+]([O-])[C@H]1CC[C@H](N(c2cc(C#CC(C)(C)C)sc2C(=O)O)C(=O)[C@H]2CC[C@H](C)CC2)CC1. The van der Waals surface area contributed by atoms with Crippen LogP contribution in [0.25, 0.3) is 0 Å². The first-order chi connectivity index (χ1) is 17.9. The molecule has 0 spiro atoms. The second-order valence-electron chi connectivity index (χ2n) is 11.7. The molecule has 10 heteroatoms. The van der Waals surface area contributed by atoms with Crippen molar-refractivity contribution in [3.63, 3.8) is 0 Å². The van der Waals surface area contributed by atoms with E-state index in [1.807, 2.05) is 20.8 Å². The molecule has 0 saturated heterocycles.